The van der Waals surface area contributed by atoms with E-state index >= 15 is 0 Å². The number of rotatable bonds is 2. The van der Waals surface area contributed by atoms with Crippen LogP contribution in [0.1, 0.15) is 77.6 Å². The number of carbonyl (C=O) groups excluding carboxylic acids is 1. The molecule has 3 nitrogen and oxygen atoms in total. The van der Waals surface area contributed by atoms with E-state index in [0.29, 0.717) is 0 Å². The van der Waals surface area contributed by atoms with E-state index in [1.165, 1.54) is 54.2 Å². The number of nitrogens with zero attached hydrogens (tertiary/aromatic N) is 1. The number of aryl methyl sites for hydroxylation is 2. The predicted molar refractivity (Wildman–Crippen MR) is 183 cm³/mol. The molecular formula is C39H42IrNO2S-. The Morgan fingerprint density at radius 3 is 2.25 bits per heavy atom. The second-order valence-electron chi connectivity index (χ2n) is 14.3. The van der Waals surface area contributed by atoms with Crippen LogP contribution in [0.5, 0.6) is 0 Å². The van der Waals surface area contributed by atoms with Gasteiger partial charge in [-0.15, -0.1) is 40.7 Å². The van der Waals surface area contributed by atoms with Gasteiger partial charge < -0.3 is 5.11 Å². The molecule has 0 spiro atoms. The first-order chi connectivity index (χ1) is 20.0. The summed E-state index contributed by atoms with van der Waals surface area (Å²) < 4.78 is 1.37. The Morgan fingerprint density at radius 1 is 0.909 bits per heavy atom. The van der Waals surface area contributed by atoms with Crippen LogP contribution < -0.4 is 0 Å². The number of aliphatic hydroxyl groups is 1. The number of hydrogen-bond acceptors (Lipinski definition) is 4. The van der Waals surface area contributed by atoms with E-state index in [1.807, 2.05) is 52.9 Å². The van der Waals surface area contributed by atoms with Crippen molar-refractivity contribution in [3.63, 3.8) is 0 Å². The van der Waals surface area contributed by atoms with Crippen molar-refractivity contribution in [2.75, 3.05) is 0 Å². The van der Waals surface area contributed by atoms with Crippen molar-refractivity contribution in [2.45, 2.75) is 74.7 Å². The average Bonchev–Trinajstić information content (AvgIpc) is 3.41. The Morgan fingerprint density at radius 2 is 1.59 bits per heavy atom. The van der Waals surface area contributed by atoms with Crippen molar-refractivity contribution in [1.82, 2.24) is 4.98 Å². The first-order valence-electron chi connectivity index (χ1n) is 14.9. The van der Waals surface area contributed by atoms with Gasteiger partial charge >= 0.3 is 0 Å². The van der Waals surface area contributed by atoms with Gasteiger partial charge in [0.25, 0.3) is 0 Å². The third-order valence-corrected chi connectivity index (χ3v) is 9.48. The summed E-state index contributed by atoms with van der Waals surface area (Å²) in [5.41, 5.74) is 9.03. The van der Waals surface area contributed by atoms with Crippen LogP contribution in [0.25, 0.3) is 42.7 Å². The molecular weight excluding hydrogens is 739 g/mol. The van der Waals surface area contributed by atoms with Gasteiger partial charge in [0.2, 0.25) is 0 Å². The maximum atomic E-state index is 11.5. The molecule has 3 aromatic carbocycles. The summed E-state index contributed by atoms with van der Waals surface area (Å²) in [6.45, 7) is 20.1. The van der Waals surface area contributed by atoms with Crippen LogP contribution in [0.3, 0.4) is 0 Å². The molecule has 0 aliphatic heterocycles. The Kier molecular flexibility index (Phi) is 9.22. The minimum absolute atomic E-state index is 0. The molecule has 44 heavy (non-hydrogen) atoms. The molecule has 0 fully saturated rings. The Hall–Kier alpha value is -3.11. The summed E-state index contributed by atoms with van der Waals surface area (Å²) >= 11 is 1.91. The van der Waals surface area contributed by atoms with E-state index < -0.39 is 5.41 Å². The fourth-order valence-corrected chi connectivity index (χ4v) is 7.20. The molecule has 0 unspecified atom stereocenters. The van der Waals surface area contributed by atoms with Gasteiger partial charge in [-0.25, -0.2) is 0 Å². The number of carbonyl (C=O) groups is 1. The van der Waals surface area contributed by atoms with Gasteiger partial charge in [0.1, 0.15) is 5.76 Å². The number of thiophene rings is 1. The molecule has 1 aliphatic rings. The van der Waals surface area contributed by atoms with Gasteiger partial charge in [0.15, 0.2) is 5.78 Å². The number of ketones is 1. The fourth-order valence-electron chi connectivity index (χ4n) is 5.81. The van der Waals surface area contributed by atoms with Crippen LogP contribution in [0.2, 0.25) is 0 Å². The number of benzene rings is 3. The van der Waals surface area contributed by atoms with Gasteiger partial charge in [-0.1, -0.05) is 97.4 Å². The minimum Gasteiger partial charge on any atom is -0.512 e. The summed E-state index contributed by atoms with van der Waals surface area (Å²) in [7, 11) is 0. The molecule has 2 aromatic heterocycles. The molecule has 5 aromatic rings. The Balaban J connectivity index is 0.000000271. The maximum Gasteiger partial charge on any atom is 0.164 e. The molecule has 6 rings (SSSR count). The van der Waals surface area contributed by atoms with Gasteiger partial charge in [0.05, 0.1) is 5.52 Å². The van der Waals surface area contributed by atoms with E-state index in [4.69, 9.17) is 4.98 Å². The second kappa shape index (κ2) is 12.0. The zero-order chi connectivity index (χ0) is 31.5. The van der Waals surface area contributed by atoms with Crippen LogP contribution in [0.15, 0.2) is 72.5 Å². The van der Waals surface area contributed by atoms with Crippen LogP contribution in [0, 0.1) is 30.7 Å². The zero-order valence-corrected chi connectivity index (χ0v) is 30.6. The molecule has 1 aliphatic carbocycles. The van der Waals surface area contributed by atoms with Crippen LogP contribution in [0.4, 0.5) is 0 Å². The fraction of sp³-hybridized carbons (Fsp3) is 0.333. The molecule has 1 N–H and O–H groups in total. The molecule has 0 atom stereocenters. The third kappa shape index (κ3) is 6.20. The van der Waals surface area contributed by atoms with Gasteiger partial charge in [0, 0.05) is 52.0 Å². The van der Waals surface area contributed by atoms with Crippen LogP contribution in [-0.2, 0) is 30.3 Å². The van der Waals surface area contributed by atoms with E-state index in [0.717, 1.165) is 16.8 Å². The quantitative estimate of drug-likeness (QED) is 0.110. The van der Waals surface area contributed by atoms with Crippen molar-refractivity contribution in [3.05, 3.63) is 101 Å². The molecule has 1 radical (unpaired) electrons. The molecule has 0 saturated carbocycles. The number of aliphatic hydroxyl groups excluding tert-OH is 1. The molecule has 0 saturated heterocycles. The van der Waals surface area contributed by atoms with E-state index in [2.05, 4.69) is 94.4 Å². The summed E-state index contributed by atoms with van der Waals surface area (Å²) in [5.74, 6) is 0.104. The first kappa shape index (κ1) is 33.8. The van der Waals surface area contributed by atoms with Crippen molar-refractivity contribution in [2.24, 2.45) is 10.8 Å². The third-order valence-electron chi connectivity index (χ3n) is 8.28. The van der Waals surface area contributed by atoms with Crippen LogP contribution >= 0.6 is 11.3 Å². The normalized spacial score (nSPS) is 14.0. The summed E-state index contributed by atoms with van der Waals surface area (Å²) in [5, 5.41) is 12.2. The predicted octanol–water partition coefficient (Wildman–Crippen LogP) is 10.9. The summed E-state index contributed by atoms with van der Waals surface area (Å²) in [6.07, 6.45) is 1.33. The molecule has 0 bridgehead atoms. The Labute approximate surface area is 279 Å². The molecule has 2 heterocycles. The van der Waals surface area contributed by atoms with Crippen molar-refractivity contribution in [1.29, 1.82) is 0 Å². The number of allylic oxidation sites excluding steroid dienone is 2. The average molecular weight is 781 g/mol. The van der Waals surface area contributed by atoms with Gasteiger partial charge in [-0.2, -0.15) is 0 Å². The molecule has 5 heteroatoms. The van der Waals surface area contributed by atoms with E-state index in [9.17, 15) is 9.90 Å². The molecule has 231 valence electrons. The van der Waals surface area contributed by atoms with Crippen molar-refractivity contribution in [3.8, 4) is 21.7 Å². The zero-order valence-electron chi connectivity index (χ0n) is 27.4. The van der Waals surface area contributed by atoms with E-state index in [1.54, 1.807) is 0 Å². The number of fused-ring (bicyclic) bond motifs is 6. The SMILES string of the molecule is CC(C)(C)C(=O)/C=C(\O)C(C)(C)C.Cc1cc(C)c2ccc(-c3[c-]ccc4c3C(C)(C)c3c-4sc4ccccc34)nc2c1.[Ir]. The molecule has 0 amide bonds. The monoisotopic (exact) mass is 781 g/mol. The minimum atomic E-state index is -0.417. The van der Waals surface area contributed by atoms with E-state index in [-0.39, 0.29) is 42.5 Å². The summed E-state index contributed by atoms with van der Waals surface area (Å²) in [4.78, 5) is 18.0. The topological polar surface area (TPSA) is 50.2 Å². The summed E-state index contributed by atoms with van der Waals surface area (Å²) in [6, 6.07) is 25.4. The van der Waals surface area contributed by atoms with Gasteiger partial charge in [-0.3, -0.25) is 9.78 Å². The Bertz CT molecular complexity index is 1920. The van der Waals surface area contributed by atoms with Crippen molar-refractivity contribution >= 4 is 38.1 Å². The van der Waals surface area contributed by atoms with Crippen LogP contribution in [-0.4, -0.2) is 15.9 Å². The number of pyridine rings is 1. The number of aromatic nitrogens is 1. The first-order valence-corrected chi connectivity index (χ1v) is 15.7. The standard InChI is InChI=1S/C28H22NS.C11H20O2.Ir/c1-16-14-17(2)18-12-13-22(29-23(18)15-16)19-9-7-10-21-25(19)28(3,4)26-20-8-5-6-11-24(20)30-27(21)26;1-10(2,3)8(12)7-9(13)11(4,5)6;/h5-8,10-15H,1-4H3;7,12H,1-6H3;/q-1;;/b;8-7-;. The second-order valence-corrected chi connectivity index (χ2v) is 15.4. The number of hydrogen-bond donors (Lipinski definition) is 1. The smallest absolute Gasteiger partial charge is 0.164 e. The van der Waals surface area contributed by atoms with Gasteiger partial charge in [-0.05, 0) is 59.2 Å². The van der Waals surface area contributed by atoms with Crippen molar-refractivity contribution < 1.29 is 30.0 Å². The largest absolute Gasteiger partial charge is 0.512 e. The maximum absolute atomic E-state index is 11.5.